The molecule has 3 heteroatoms. The Kier molecular flexibility index (Phi) is 7.46. The van der Waals surface area contributed by atoms with Gasteiger partial charge in [-0.15, -0.1) is 0 Å². The van der Waals surface area contributed by atoms with Gasteiger partial charge in [0.25, 0.3) is 0 Å². The predicted molar refractivity (Wildman–Crippen MR) is 77.4 cm³/mol. The Labute approximate surface area is 111 Å². The van der Waals surface area contributed by atoms with Crippen LogP contribution in [0.15, 0.2) is 24.3 Å². The normalized spacial score (nSPS) is 10.9. The fraction of sp³-hybridized carbons (Fsp3) is 0.600. The van der Waals surface area contributed by atoms with E-state index < -0.39 is 0 Å². The standard InChI is InChI=1S/C15H26N2O/c1-17(2)13-5-4-11-16-12-10-14-6-8-15(18-3)9-7-14/h6-9,16H,4-5,10-13H2,1-3H3. The number of methoxy groups -OCH3 is 1. The Hall–Kier alpha value is -1.06. The summed E-state index contributed by atoms with van der Waals surface area (Å²) < 4.78 is 5.14. The van der Waals surface area contributed by atoms with Crippen LogP contribution < -0.4 is 10.1 Å². The molecule has 1 aromatic rings. The van der Waals surface area contributed by atoms with Crippen molar-refractivity contribution in [3.63, 3.8) is 0 Å². The van der Waals surface area contributed by atoms with Crippen molar-refractivity contribution in [1.29, 1.82) is 0 Å². The molecule has 0 aliphatic carbocycles. The van der Waals surface area contributed by atoms with Crippen LogP contribution in [0.25, 0.3) is 0 Å². The number of benzene rings is 1. The average molecular weight is 250 g/mol. The van der Waals surface area contributed by atoms with E-state index in [9.17, 15) is 0 Å². The number of nitrogens with one attached hydrogen (secondary N) is 1. The number of unbranched alkanes of at least 4 members (excludes halogenated alkanes) is 1. The molecule has 0 saturated carbocycles. The first-order valence-electron chi connectivity index (χ1n) is 6.71. The van der Waals surface area contributed by atoms with Gasteiger partial charge in [-0.1, -0.05) is 12.1 Å². The predicted octanol–water partition coefficient (Wildman–Crippen LogP) is 2.17. The minimum atomic E-state index is 0.926. The van der Waals surface area contributed by atoms with Gasteiger partial charge in [0.05, 0.1) is 7.11 Å². The van der Waals surface area contributed by atoms with Gasteiger partial charge in [-0.25, -0.2) is 0 Å². The van der Waals surface area contributed by atoms with Gasteiger partial charge in [-0.3, -0.25) is 0 Å². The van der Waals surface area contributed by atoms with Crippen LogP contribution in [0, 0.1) is 0 Å². The molecule has 0 unspecified atom stereocenters. The van der Waals surface area contributed by atoms with E-state index in [0.717, 1.165) is 25.3 Å². The van der Waals surface area contributed by atoms with Crippen molar-refractivity contribution < 1.29 is 4.74 Å². The molecule has 1 N–H and O–H groups in total. The third-order valence-electron chi connectivity index (χ3n) is 2.96. The van der Waals surface area contributed by atoms with E-state index in [1.54, 1.807) is 7.11 Å². The van der Waals surface area contributed by atoms with Crippen molar-refractivity contribution in [2.45, 2.75) is 19.3 Å². The van der Waals surface area contributed by atoms with Crippen LogP contribution in [0.4, 0.5) is 0 Å². The highest BCUT2D eigenvalue weighted by atomic mass is 16.5. The van der Waals surface area contributed by atoms with Crippen molar-refractivity contribution in [2.24, 2.45) is 0 Å². The van der Waals surface area contributed by atoms with Gasteiger partial charge in [0.1, 0.15) is 5.75 Å². The molecule has 0 amide bonds. The molecule has 0 spiro atoms. The molecule has 0 radical (unpaired) electrons. The lowest BCUT2D eigenvalue weighted by molar-refractivity contribution is 0.392. The Morgan fingerprint density at radius 3 is 2.39 bits per heavy atom. The zero-order chi connectivity index (χ0) is 13.2. The van der Waals surface area contributed by atoms with E-state index in [2.05, 4.69) is 36.4 Å². The largest absolute Gasteiger partial charge is 0.497 e. The summed E-state index contributed by atoms with van der Waals surface area (Å²) in [5.74, 6) is 0.926. The molecule has 0 saturated heterocycles. The molecule has 0 atom stereocenters. The number of nitrogens with zero attached hydrogens (tertiary/aromatic N) is 1. The molecule has 0 heterocycles. The minimum absolute atomic E-state index is 0.926. The summed E-state index contributed by atoms with van der Waals surface area (Å²) in [6, 6.07) is 8.30. The first-order valence-corrected chi connectivity index (χ1v) is 6.71. The van der Waals surface area contributed by atoms with Gasteiger partial charge in [-0.05, 0) is 70.7 Å². The smallest absolute Gasteiger partial charge is 0.118 e. The maximum atomic E-state index is 5.14. The van der Waals surface area contributed by atoms with Crippen molar-refractivity contribution in [2.75, 3.05) is 40.8 Å². The summed E-state index contributed by atoms with van der Waals surface area (Å²) in [7, 11) is 5.94. The monoisotopic (exact) mass is 250 g/mol. The fourth-order valence-corrected chi connectivity index (χ4v) is 1.83. The quantitative estimate of drug-likeness (QED) is 0.680. The Morgan fingerprint density at radius 1 is 1.06 bits per heavy atom. The SMILES string of the molecule is COc1ccc(CCNCCCCN(C)C)cc1. The average Bonchev–Trinajstić information content (AvgIpc) is 2.38. The van der Waals surface area contributed by atoms with E-state index in [1.807, 2.05) is 12.1 Å². The molecule has 1 rings (SSSR count). The van der Waals surface area contributed by atoms with Crippen molar-refractivity contribution in [3.8, 4) is 5.75 Å². The van der Waals surface area contributed by atoms with E-state index in [-0.39, 0.29) is 0 Å². The molecular weight excluding hydrogens is 224 g/mol. The molecule has 0 aliphatic rings. The van der Waals surface area contributed by atoms with Crippen LogP contribution in [0.5, 0.6) is 5.75 Å². The number of rotatable bonds is 9. The Morgan fingerprint density at radius 2 is 1.78 bits per heavy atom. The molecule has 1 aromatic carbocycles. The summed E-state index contributed by atoms with van der Waals surface area (Å²) >= 11 is 0. The maximum Gasteiger partial charge on any atom is 0.118 e. The summed E-state index contributed by atoms with van der Waals surface area (Å²) in [4.78, 5) is 2.23. The molecule has 3 nitrogen and oxygen atoms in total. The van der Waals surface area contributed by atoms with E-state index in [4.69, 9.17) is 4.74 Å². The van der Waals surface area contributed by atoms with Gasteiger partial charge >= 0.3 is 0 Å². The third kappa shape index (κ3) is 6.62. The van der Waals surface area contributed by atoms with Gasteiger partial charge < -0.3 is 15.0 Å². The van der Waals surface area contributed by atoms with E-state index >= 15 is 0 Å². The summed E-state index contributed by atoms with van der Waals surface area (Å²) in [5.41, 5.74) is 1.36. The van der Waals surface area contributed by atoms with Crippen LogP contribution in [-0.2, 0) is 6.42 Å². The van der Waals surface area contributed by atoms with Crippen molar-refractivity contribution in [3.05, 3.63) is 29.8 Å². The van der Waals surface area contributed by atoms with Crippen LogP contribution in [0.3, 0.4) is 0 Å². The summed E-state index contributed by atoms with van der Waals surface area (Å²) in [6.07, 6.45) is 3.60. The minimum Gasteiger partial charge on any atom is -0.497 e. The molecule has 0 aliphatic heterocycles. The second kappa shape index (κ2) is 8.95. The lowest BCUT2D eigenvalue weighted by atomic mass is 10.1. The van der Waals surface area contributed by atoms with Crippen LogP contribution >= 0.6 is 0 Å². The molecule has 0 fully saturated rings. The van der Waals surface area contributed by atoms with Gasteiger partial charge in [-0.2, -0.15) is 0 Å². The lowest BCUT2D eigenvalue weighted by Gasteiger charge is -2.09. The summed E-state index contributed by atoms with van der Waals surface area (Å²) in [6.45, 7) is 3.35. The van der Waals surface area contributed by atoms with Gasteiger partial charge in [0.15, 0.2) is 0 Å². The Bertz CT molecular complexity index is 309. The molecule has 0 bridgehead atoms. The highest BCUT2D eigenvalue weighted by molar-refractivity contribution is 5.27. The maximum absolute atomic E-state index is 5.14. The first kappa shape index (κ1) is 15.0. The zero-order valence-electron chi connectivity index (χ0n) is 11.9. The molecular formula is C15H26N2O. The fourth-order valence-electron chi connectivity index (χ4n) is 1.83. The first-order chi connectivity index (χ1) is 8.72. The van der Waals surface area contributed by atoms with Crippen molar-refractivity contribution >= 4 is 0 Å². The topological polar surface area (TPSA) is 24.5 Å². The summed E-state index contributed by atoms with van der Waals surface area (Å²) in [5, 5.41) is 3.49. The number of hydrogen-bond acceptors (Lipinski definition) is 3. The highest BCUT2D eigenvalue weighted by Gasteiger charge is 1.95. The van der Waals surface area contributed by atoms with Crippen molar-refractivity contribution in [1.82, 2.24) is 10.2 Å². The van der Waals surface area contributed by atoms with Crippen LogP contribution in [0.2, 0.25) is 0 Å². The van der Waals surface area contributed by atoms with E-state index in [1.165, 1.54) is 24.9 Å². The highest BCUT2D eigenvalue weighted by Crippen LogP contribution is 2.11. The Balaban J connectivity index is 2.03. The van der Waals surface area contributed by atoms with Crippen LogP contribution in [-0.4, -0.2) is 45.7 Å². The molecule has 0 aromatic heterocycles. The second-order valence-electron chi connectivity index (χ2n) is 4.86. The number of hydrogen-bond donors (Lipinski definition) is 1. The molecule has 102 valence electrons. The zero-order valence-corrected chi connectivity index (χ0v) is 11.9. The van der Waals surface area contributed by atoms with Gasteiger partial charge in [0, 0.05) is 0 Å². The van der Waals surface area contributed by atoms with E-state index in [0.29, 0.717) is 0 Å². The molecule has 18 heavy (non-hydrogen) atoms. The lowest BCUT2D eigenvalue weighted by Crippen LogP contribution is -2.20. The van der Waals surface area contributed by atoms with Gasteiger partial charge in [0.2, 0.25) is 0 Å². The number of ether oxygens (including phenoxy) is 1. The third-order valence-corrected chi connectivity index (χ3v) is 2.96. The van der Waals surface area contributed by atoms with Crippen LogP contribution in [0.1, 0.15) is 18.4 Å². The second-order valence-corrected chi connectivity index (χ2v) is 4.86.